The highest BCUT2D eigenvalue weighted by atomic mass is 79.9. The van der Waals surface area contributed by atoms with Gasteiger partial charge in [-0.15, -0.1) is 0 Å². The maximum Gasteiger partial charge on any atom is 0.102 e. The first-order valence-electron chi connectivity index (χ1n) is 5.68. The lowest BCUT2D eigenvalue weighted by molar-refractivity contribution is 0.288. The quantitative estimate of drug-likeness (QED) is 0.850. The van der Waals surface area contributed by atoms with E-state index < -0.39 is 0 Å². The van der Waals surface area contributed by atoms with Crippen molar-refractivity contribution in [2.75, 3.05) is 13.1 Å². The lowest BCUT2D eigenvalue weighted by atomic mass is 10.1. The second-order valence-corrected chi connectivity index (χ2v) is 5.14. The van der Waals surface area contributed by atoms with Crippen LogP contribution < -0.4 is 0 Å². The van der Waals surface area contributed by atoms with Crippen LogP contribution in [-0.4, -0.2) is 24.0 Å². The Labute approximate surface area is 105 Å². The molecule has 1 aliphatic heterocycles. The topological polar surface area (TPSA) is 27.0 Å². The maximum atomic E-state index is 9.21. The molecular weight excluding hydrogens is 264 g/mol. The Hall–Kier alpha value is -0.850. The minimum absolute atomic E-state index is 0.0387. The lowest BCUT2D eigenvalue weighted by Gasteiger charge is -2.21. The zero-order chi connectivity index (χ0) is 11.4. The van der Waals surface area contributed by atoms with E-state index in [1.165, 1.54) is 18.4 Å². The highest BCUT2D eigenvalue weighted by Crippen LogP contribution is 2.17. The summed E-state index contributed by atoms with van der Waals surface area (Å²) in [6.07, 6.45) is 3.29. The van der Waals surface area contributed by atoms with E-state index >= 15 is 0 Å². The summed E-state index contributed by atoms with van der Waals surface area (Å²) in [7, 11) is 0. The van der Waals surface area contributed by atoms with Gasteiger partial charge < -0.3 is 0 Å². The van der Waals surface area contributed by atoms with Crippen molar-refractivity contribution in [1.82, 2.24) is 4.90 Å². The second-order valence-electron chi connectivity index (χ2n) is 4.22. The first-order valence-corrected chi connectivity index (χ1v) is 6.47. The standard InChI is InChI=1S/C13H15BrN2/c14-12-5-3-4-11(8-12)9-13(10-15)16-6-1-2-7-16/h3-5,8,13H,1-2,6-7,9H2. The monoisotopic (exact) mass is 278 g/mol. The Kier molecular flexibility index (Phi) is 3.98. The van der Waals surface area contributed by atoms with Crippen molar-refractivity contribution < 1.29 is 0 Å². The van der Waals surface area contributed by atoms with Crippen molar-refractivity contribution >= 4 is 15.9 Å². The average Bonchev–Trinajstić information content (AvgIpc) is 2.79. The first kappa shape index (κ1) is 11.6. The zero-order valence-electron chi connectivity index (χ0n) is 9.19. The number of benzene rings is 1. The number of rotatable bonds is 3. The molecule has 3 heteroatoms. The number of likely N-dealkylation sites (tertiary alicyclic amines) is 1. The number of halogens is 1. The Morgan fingerprint density at radius 3 is 2.75 bits per heavy atom. The van der Waals surface area contributed by atoms with Gasteiger partial charge in [-0.1, -0.05) is 28.1 Å². The smallest absolute Gasteiger partial charge is 0.102 e. The minimum Gasteiger partial charge on any atom is -0.288 e. The molecule has 0 bridgehead atoms. The van der Waals surface area contributed by atoms with E-state index in [2.05, 4.69) is 39.0 Å². The van der Waals surface area contributed by atoms with Gasteiger partial charge in [-0.3, -0.25) is 4.90 Å². The molecule has 1 unspecified atom stereocenters. The lowest BCUT2D eigenvalue weighted by Crippen LogP contribution is -2.33. The zero-order valence-corrected chi connectivity index (χ0v) is 10.8. The molecule has 84 valence electrons. The molecule has 1 aromatic rings. The van der Waals surface area contributed by atoms with Gasteiger partial charge in [-0.05, 0) is 43.6 Å². The summed E-state index contributed by atoms with van der Waals surface area (Å²) in [5.41, 5.74) is 1.23. The molecule has 0 spiro atoms. The molecule has 16 heavy (non-hydrogen) atoms. The van der Waals surface area contributed by atoms with Gasteiger partial charge in [0.2, 0.25) is 0 Å². The summed E-state index contributed by atoms with van der Waals surface area (Å²) in [6.45, 7) is 2.15. The molecule has 0 N–H and O–H groups in total. The second kappa shape index (κ2) is 5.47. The van der Waals surface area contributed by atoms with Crippen molar-refractivity contribution in [3.8, 4) is 6.07 Å². The van der Waals surface area contributed by atoms with Crippen LogP contribution in [0.5, 0.6) is 0 Å². The fourth-order valence-electron chi connectivity index (χ4n) is 2.20. The van der Waals surface area contributed by atoms with Crippen molar-refractivity contribution in [3.63, 3.8) is 0 Å². The highest BCUT2D eigenvalue weighted by Gasteiger charge is 2.21. The van der Waals surface area contributed by atoms with Gasteiger partial charge in [0, 0.05) is 10.9 Å². The summed E-state index contributed by atoms with van der Waals surface area (Å²) < 4.78 is 1.09. The fraction of sp³-hybridized carbons (Fsp3) is 0.462. The molecule has 1 aromatic carbocycles. The van der Waals surface area contributed by atoms with Gasteiger partial charge in [0.05, 0.1) is 6.07 Å². The van der Waals surface area contributed by atoms with Crippen LogP contribution >= 0.6 is 15.9 Å². The molecule has 1 fully saturated rings. The summed E-state index contributed by atoms with van der Waals surface area (Å²) in [5.74, 6) is 0. The molecule has 1 aliphatic rings. The average molecular weight is 279 g/mol. The van der Waals surface area contributed by atoms with E-state index in [4.69, 9.17) is 0 Å². The molecule has 0 radical (unpaired) electrons. The number of nitrogens with zero attached hydrogens (tertiary/aromatic N) is 2. The van der Waals surface area contributed by atoms with E-state index in [9.17, 15) is 5.26 Å². The van der Waals surface area contributed by atoms with E-state index in [1.807, 2.05) is 12.1 Å². The summed E-state index contributed by atoms with van der Waals surface area (Å²) in [4.78, 5) is 2.29. The van der Waals surface area contributed by atoms with Crippen LogP contribution in [0.2, 0.25) is 0 Å². The van der Waals surface area contributed by atoms with E-state index in [-0.39, 0.29) is 6.04 Å². The molecule has 0 saturated carbocycles. The van der Waals surface area contributed by atoms with Gasteiger partial charge in [0.1, 0.15) is 6.04 Å². The van der Waals surface area contributed by atoms with E-state index in [1.54, 1.807) is 0 Å². The Morgan fingerprint density at radius 2 is 2.12 bits per heavy atom. The third kappa shape index (κ3) is 2.84. The molecule has 0 aromatic heterocycles. The fourth-order valence-corrected chi connectivity index (χ4v) is 2.64. The van der Waals surface area contributed by atoms with E-state index in [0.29, 0.717) is 0 Å². The van der Waals surface area contributed by atoms with Crippen LogP contribution in [0, 0.1) is 11.3 Å². The summed E-state index contributed by atoms with van der Waals surface area (Å²) in [5, 5.41) is 9.21. The number of nitriles is 1. The van der Waals surface area contributed by atoms with Crippen LogP contribution in [0.15, 0.2) is 28.7 Å². The van der Waals surface area contributed by atoms with Crippen LogP contribution in [0.4, 0.5) is 0 Å². The van der Waals surface area contributed by atoms with Crippen molar-refractivity contribution in [2.24, 2.45) is 0 Å². The van der Waals surface area contributed by atoms with Crippen LogP contribution in [0.3, 0.4) is 0 Å². The summed E-state index contributed by atoms with van der Waals surface area (Å²) >= 11 is 3.46. The van der Waals surface area contributed by atoms with Crippen molar-refractivity contribution in [2.45, 2.75) is 25.3 Å². The van der Waals surface area contributed by atoms with Gasteiger partial charge in [-0.25, -0.2) is 0 Å². The predicted molar refractivity (Wildman–Crippen MR) is 68.1 cm³/mol. The first-order chi connectivity index (χ1) is 7.79. The van der Waals surface area contributed by atoms with Crippen LogP contribution in [0.25, 0.3) is 0 Å². The molecular formula is C13H15BrN2. The number of hydrogen-bond acceptors (Lipinski definition) is 2. The SMILES string of the molecule is N#CC(Cc1cccc(Br)c1)N1CCCC1. The van der Waals surface area contributed by atoms with Gasteiger partial charge in [0.25, 0.3) is 0 Å². The normalized spacial score (nSPS) is 18.2. The molecule has 1 heterocycles. The predicted octanol–water partition coefficient (Wildman–Crippen LogP) is 2.98. The van der Waals surface area contributed by atoms with Gasteiger partial charge in [0.15, 0.2) is 0 Å². The van der Waals surface area contributed by atoms with Gasteiger partial charge >= 0.3 is 0 Å². The Balaban J connectivity index is 2.04. The van der Waals surface area contributed by atoms with E-state index in [0.717, 1.165) is 24.0 Å². The third-order valence-electron chi connectivity index (χ3n) is 3.05. The highest BCUT2D eigenvalue weighted by molar-refractivity contribution is 9.10. The molecule has 0 aliphatic carbocycles. The van der Waals surface area contributed by atoms with Crippen LogP contribution in [0.1, 0.15) is 18.4 Å². The molecule has 1 atom stereocenters. The third-order valence-corrected chi connectivity index (χ3v) is 3.54. The minimum atomic E-state index is 0.0387. The van der Waals surface area contributed by atoms with Crippen LogP contribution in [-0.2, 0) is 6.42 Å². The number of hydrogen-bond donors (Lipinski definition) is 0. The Morgan fingerprint density at radius 1 is 1.38 bits per heavy atom. The van der Waals surface area contributed by atoms with Gasteiger partial charge in [-0.2, -0.15) is 5.26 Å². The molecule has 2 nitrogen and oxygen atoms in total. The summed E-state index contributed by atoms with van der Waals surface area (Å²) in [6, 6.07) is 10.7. The van der Waals surface area contributed by atoms with Crippen molar-refractivity contribution in [3.05, 3.63) is 34.3 Å². The Bertz CT molecular complexity index is 391. The molecule has 0 amide bonds. The molecule has 2 rings (SSSR count). The molecule has 1 saturated heterocycles. The van der Waals surface area contributed by atoms with Crippen molar-refractivity contribution in [1.29, 1.82) is 5.26 Å². The largest absolute Gasteiger partial charge is 0.288 e. The maximum absolute atomic E-state index is 9.21.